The first-order chi connectivity index (χ1) is 26.3. The van der Waals surface area contributed by atoms with Crippen LogP contribution in [-0.4, -0.2) is 28.9 Å². The van der Waals surface area contributed by atoms with Gasteiger partial charge in [0.05, 0.1) is 0 Å². The zero-order chi connectivity index (χ0) is 39.0. The van der Waals surface area contributed by atoms with E-state index in [1.165, 1.54) is 97.1 Å². The highest BCUT2D eigenvalue weighted by Crippen LogP contribution is 2.28. The molecule has 55 heavy (non-hydrogen) atoms. The van der Waals surface area contributed by atoms with Gasteiger partial charge in [0.15, 0.2) is 0 Å². The summed E-state index contributed by atoms with van der Waals surface area (Å²) in [5.74, 6) is 0.645. The van der Waals surface area contributed by atoms with Crippen molar-refractivity contribution in [2.75, 3.05) is 21.3 Å². The summed E-state index contributed by atoms with van der Waals surface area (Å²) in [5, 5.41) is 10.8. The minimum atomic E-state index is -4.21. The molecular weight excluding hydrogens is 745 g/mol. The first kappa shape index (κ1) is 37.9. The third-order valence-electron chi connectivity index (χ3n) is 7.65. The van der Waals surface area contributed by atoms with E-state index in [0.29, 0.717) is 22.7 Å². The van der Waals surface area contributed by atoms with Crippen LogP contribution in [0.4, 0.5) is 32.3 Å². The Balaban J connectivity index is 0.989. The number of aryl methyl sites for hydroxylation is 2. The molecule has 0 radical (unpaired) electrons. The lowest BCUT2D eigenvalue weighted by atomic mass is 10.2. The molecule has 0 atom stereocenters. The Labute approximate surface area is 318 Å². The van der Waals surface area contributed by atoms with Crippen LogP contribution in [0, 0.1) is 13.8 Å². The van der Waals surface area contributed by atoms with Crippen molar-refractivity contribution >= 4 is 55.0 Å². The smallest absolute Gasteiger partial charge is 0.339 e. The van der Waals surface area contributed by atoms with Crippen molar-refractivity contribution < 1.29 is 39.5 Å². The van der Waals surface area contributed by atoms with Gasteiger partial charge in [-0.2, -0.15) is 16.8 Å². The molecule has 6 aromatic rings. The molecule has 0 aliphatic heterocycles. The summed E-state index contributed by atoms with van der Waals surface area (Å²) < 4.78 is 68.0. The van der Waals surface area contributed by atoms with E-state index in [1.807, 2.05) is 50.2 Å². The Hall–Kier alpha value is -6.84. The third kappa shape index (κ3) is 10.6. The average Bonchev–Trinajstić information content (AvgIpc) is 3.13. The van der Waals surface area contributed by atoms with Crippen LogP contribution in [0.5, 0.6) is 23.0 Å². The summed E-state index contributed by atoms with van der Waals surface area (Å²) in [4.78, 5) is 24.4. The molecule has 13 nitrogen and oxygen atoms in total. The quantitative estimate of drug-likeness (QED) is 0.0883. The zero-order valence-electron chi connectivity index (χ0n) is 29.3. The minimum Gasteiger partial charge on any atom is -0.457 e. The van der Waals surface area contributed by atoms with Gasteiger partial charge in [-0.1, -0.05) is 24.3 Å². The Kier molecular flexibility index (Phi) is 11.3. The Morgan fingerprint density at radius 2 is 0.745 bits per heavy atom. The van der Waals surface area contributed by atoms with Crippen molar-refractivity contribution in [2.24, 2.45) is 0 Å². The van der Waals surface area contributed by atoms with E-state index in [1.54, 1.807) is 12.1 Å². The fourth-order valence-corrected chi connectivity index (χ4v) is 6.91. The number of rotatable bonds is 12. The van der Waals surface area contributed by atoms with Gasteiger partial charge < -0.3 is 34.4 Å². The largest absolute Gasteiger partial charge is 0.457 e. The highest BCUT2D eigenvalue weighted by molar-refractivity contribution is 7.87. The van der Waals surface area contributed by atoms with Crippen LogP contribution in [0.1, 0.15) is 11.1 Å². The summed E-state index contributed by atoms with van der Waals surface area (Å²) in [7, 11) is -8.42. The van der Waals surface area contributed by atoms with E-state index in [0.717, 1.165) is 11.1 Å². The van der Waals surface area contributed by atoms with Crippen LogP contribution in [-0.2, 0) is 20.2 Å². The average molecular weight is 779 g/mol. The molecule has 0 heterocycles. The normalized spacial score (nSPS) is 11.2. The SMILES string of the molecule is Cc1cccc(NC(=O)Nc2ccc(OS(=O)(=O)c3ccc(Oc4ccc(S(=O)(=O)Oc5ccc(NC(=O)Nc6cccc(C)c6)cc5)cc4)cc3)cc2)c1. The number of ether oxygens (including phenoxy) is 1. The second-order valence-corrected chi connectivity index (χ2v) is 15.2. The number of carbonyl (C=O) groups is 2. The molecule has 0 aliphatic rings. The lowest BCUT2D eigenvalue weighted by Crippen LogP contribution is -2.19. The highest BCUT2D eigenvalue weighted by Gasteiger charge is 2.19. The molecule has 6 aromatic carbocycles. The van der Waals surface area contributed by atoms with E-state index >= 15 is 0 Å². The molecule has 280 valence electrons. The maximum atomic E-state index is 12.9. The van der Waals surface area contributed by atoms with Crippen molar-refractivity contribution in [2.45, 2.75) is 23.6 Å². The van der Waals surface area contributed by atoms with Gasteiger partial charge in [0.25, 0.3) is 0 Å². The number of nitrogens with one attached hydrogen (secondary N) is 4. The number of carbonyl (C=O) groups excluding carboxylic acids is 2. The monoisotopic (exact) mass is 778 g/mol. The number of benzene rings is 6. The van der Waals surface area contributed by atoms with E-state index in [4.69, 9.17) is 13.1 Å². The number of urea groups is 2. The second-order valence-electron chi connectivity index (χ2n) is 12.1. The molecule has 4 N–H and O–H groups in total. The zero-order valence-corrected chi connectivity index (χ0v) is 31.0. The first-order valence-corrected chi connectivity index (χ1v) is 19.4. The summed E-state index contributed by atoms with van der Waals surface area (Å²) >= 11 is 0. The lowest BCUT2D eigenvalue weighted by molar-refractivity contribution is 0.261. The second kappa shape index (κ2) is 16.4. The van der Waals surface area contributed by atoms with Crippen LogP contribution < -0.4 is 34.4 Å². The van der Waals surface area contributed by atoms with Crippen molar-refractivity contribution in [1.82, 2.24) is 0 Å². The predicted molar refractivity (Wildman–Crippen MR) is 209 cm³/mol. The number of amides is 4. The van der Waals surface area contributed by atoms with Crippen LogP contribution >= 0.6 is 0 Å². The Morgan fingerprint density at radius 3 is 1.09 bits per heavy atom. The standard InChI is InChI=1S/C40H34N4O9S2/c1-27-5-3-7-31(25-27)43-39(45)41-29-9-13-35(14-10-29)52-54(47,48)37-21-17-33(18-22-37)51-34-19-23-38(24-20-34)55(49,50)53-36-15-11-30(12-16-36)42-40(46)44-32-8-4-6-28(2)26-32/h3-26H,1-2H3,(H2,41,43,45)(H2,42,44,46). The number of hydrogen-bond acceptors (Lipinski definition) is 9. The van der Waals surface area contributed by atoms with E-state index in [9.17, 15) is 26.4 Å². The van der Waals surface area contributed by atoms with Crippen molar-refractivity contribution in [3.05, 3.63) is 157 Å². The molecule has 6 rings (SSSR count). The van der Waals surface area contributed by atoms with Crippen LogP contribution in [0.2, 0.25) is 0 Å². The molecule has 0 fully saturated rings. The van der Waals surface area contributed by atoms with Crippen LogP contribution in [0.15, 0.2) is 155 Å². The van der Waals surface area contributed by atoms with Gasteiger partial charge in [-0.3, -0.25) is 0 Å². The Bertz CT molecular complexity index is 2350. The van der Waals surface area contributed by atoms with Crippen LogP contribution in [0.3, 0.4) is 0 Å². The lowest BCUT2D eigenvalue weighted by Gasteiger charge is -2.11. The topological polar surface area (TPSA) is 178 Å². The number of anilines is 4. The molecular formula is C40H34N4O9S2. The molecule has 15 heteroatoms. The molecule has 0 saturated carbocycles. The number of hydrogen-bond donors (Lipinski definition) is 4. The first-order valence-electron chi connectivity index (χ1n) is 16.6. The summed E-state index contributed by atoms with van der Waals surface area (Å²) in [6.07, 6.45) is 0. The fourth-order valence-electron chi connectivity index (χ4n) is 5.05. The third-order valence-corrected chi connectivity index (χ3v) is 10.2. The molecule has 0 aromatic heterocycles. The van der Waals surface area contributed by atoms with E-state index < -0.39 is 32.3 Å². The van der Waals surface area contributed by atoms with Gasteiger partial charge in [-0.05, 0) is 146 Å². The Morgan fingerprint density at radius 1 is 0.418 bits per heavy atom. The molecule has 0 saturated heterocycles. The highest BCUT2D eigenvalue weighted by atomic mass is 32.2. The summed E-state index contributed by atoms with van der Waals surface area (Å²) in [5.41, 5.74) is 4.10. The van der Waals surface area contributed by atoms with Crippen molar-refractivity contribution in [1.29, 1.82) is 0 Å². The predicted octanol–water partition coefficient (Wildman–Crippen LogP) is 8.92. The van der Waals surface area contributed by atoms with Gasteiger partial charge in [0.1, 0.15) is 32.8 Å². The molecule has 4 amide bonds. The van der Waals surface area contributed by atoms with Crippen LogP contribution in [0.25, 0.3) is 0 Å². The molecule has 0 unspecified atom stereocenters. The van der Waals surface area contributed by atoms with Gasteiger partial charge in [-0.25, -0.2) is 9.59 Å². The maximum absolute atomic E-state index is 12.9. The molecule has 0 aliphatic carbocycles. The minimum absolute atomic E-state index is 0.0385. The van der Waals surface area contributed by atoms with Gasteiger partial charge in [-0.15, -0.1) is 0 Å². The van der Waals surface area contributed by atoms with Crippen molar-refractivity contribution in [3.8, 4) is 23.0 Å². The molecule has 0 bridgehead atoms. The van der Waals surface area contributed by atoms with Gasteiger partial charge >= 0.3 is 32.3 Å². The van der Waals surface area contributed by atoms with Crippen molar-refractivity contribution in [3.63, 3.8) is 0 Å². The summed E-state index contributed by atoms with van der Waals surface area (Å²) in [6, 6.07) is 36.3. The maximum Gasteiger partial charge on any atom is 0.339 e. The van der Waals surface area contributed by atoms with Gasteiger partial charge in [0, 0.05) is 22.7 Å². The van der Waals surface area contributed by atoms with Gasteiger partial charge in [0.2, 0.25) is 0 Å². The van der Waals surface area contributed by atoms with E-state index in [2.05, 4.69) is 21.3 Å². The summed E-state index contributed by atoms with van der Waals surface area (Å²) in [6.45, 7) is 3.82. The molecule has 0 spiro atoms. The van der Waals surface area contributed by atoms with E-state index in [-0.39, 0.29) is 32.8 Å². The fraction of sp³-hybridized carbons (Fsp3) is 0.0500.